The van der Waals surface area contributed by atoms with Crippen molar-refractivity contribution in [2.24, 2.45) is 0 Å². The lowest BCUT2D eigenvalue weighted by atomic mass is 9.96. The van der Waals surface area contributed by atoms with Crippen LogP contribution in [0.1, 0.15) is 31.0 Å². The fraction of sp³-hybridized carbons (Fsp3) is 0.308. The number of hydrogen-bond donors (Lipinski definition) is 0. The third kappa shape index (κ3) is 1.72. The van der Waals surface area contributed by atoms with Gasteiger partial charge in [0.05, 0.1) is 0 Å². The molecular weight excluding hydrogens is 206 g/mol. The summed E-state index contributed by atoms with van der Waals surface area (Å²) in [5.74, 6) is 0.472. The number of pyridine rings is 1. The van der Waals surface area contributed by atoms with E-state index in [1.54, 1.807) is 0 Å². The Morgan fingerprint density at radius 3 is 2.33 bits per heavy atom. The van der Waals surface area contributed by atoms with Gasteiger partial charge in [-0.3, -0.25) is 0 Å². The molecule has 0 bridgehead atoms. The van der Waals surface area contributed by atoms with Gasteiger partial charge in [-0.25, -0.2) is 4.98 Å². The first-order valence-electron chi connectivity index (χ1n) is 5.16. The second-order valence-electron chi connectivity index (χ2n) is 4.10. The summed E-state index contributed by atoms with van der Waals surface area (Å²) in [5, 5.41) is 2.88. The number of rotatable bonds is 1. The molecule has 0 amide bonds. The van der Waals surface area contributed by atoms with Crippen LogP contribution in [0.4, 0.5) is 0 Å². The van der Waals surface area contributed by atoms with Crippen molar-refractivity contribution < 1.29 is 0 Å². The second kappa shape index (κ2) is 3.82. The van der Waals surface area contributed by atoms with Crippen molar-refractivity contribution in [2.75, 3.05) is 0 Å². The molecule has 0 fully saturated rings. The Hall–Kier alpha value is -1.08. The molecule has 0 unspecified atom stereocenters. The molecule has 2 heteroatoms. The summed E-state index contributed by atoms with van der Waals surface area (Å²) < 4.78 is 0. The van der Waals surface area contributed by atoms with Crippen molar-refractivity contribution in [3.05, 3.63) is 40.7 Å². The molecule has 1 aromatic carbocycles. The van der Waals surface area contributed by atoms with Crippen LogP contribution in [0.25, 0.3) is 10.8 Å². The average molecular weight is 220 g/mol. The quantitative estimate of drug-likeness (QED) is 0.651. The van der Waals surface area contributed by atoms with Crippen LogP contribution in [0, 0.1) is 6.92 Å². The number of aryl methyl sites for hydroxylation is 1. The van der Waals surface area contributed by atoms with Gasteiger partial charge in [0.25, 0.3) is 0 Å². The second-order valence-corrected chi connectivity index (χ2v) is 4.46. The highest BCUT2D eigenvalue weighted by atomic mass is 35.5. The summed E-state index contributed by atoms with van der Waals surface area (Å²) in [6.45, 7) is 6.39. The van der Waals surface area contributed by atoms with Gasteiger partial charge in [-0.05, 0) is 23.8 Å². The first-order chi connectivity index (χ1) is 7.11. The Morgan fingerprint density at radius 1 is 1.13 bits per heavy atom. The first kappa shape index (κ1) is 10.4. The van der Waals surface area contributed by atoms with Crippen LogP contribution in [0.15, 0.2) is 24.3 Å². The number of benzene rings is 1. The highest BCUT2D eigenvalue weighted by molar-refractivity contribution is 6.34. The zero-order chi connectivity index (χ0) is 11.0. The van der Waals surface area contributed by atoms with Gasteiger partial charge < -0.3 is 0 Å². The van der Waals surface area contributed by atoms with Crippen molar-refractivity contribution >= 4 is 22.4 Å². The lowest BCUT2D eigenvalue weighted by molar-refractivity contribution is 0.854. The summed E-state index contributed by atoms with van der Waals surface area (Å²) in [7, 11) is 0. The summed E-state index contributed by atoms with van der Waals surface area (Å²) in [4.78, 5) is 4.39. The first-order valence-corrected chi connectivity index (χ1v) is 5.53. The molecule has 0 atom stereocenters. The molecule has 0 saturated heterocycles. The van der Waals surface area contributed by atoms with E-state index in [-0.39, 0.29) is 0 Å². The van der Waals surface area contributed by atoms with E-state index in [4.69, 9.17) is 11.6 Å². The maximum atomic E-state index is 6.13. The van der Waals surface area contributed by atoms with Crippen LogP contribution in [0.5, 0.6) is 0 Å². The molecular formula is C13H14ClN. The molecule has 15 heavy (non-hydrogen) atoms. The largest absolute Gasteiger partial charge is 0.240 e. The lowest BCUT2D eigenvalue weighted by Crippen LogP contribution is -1.97. The number of halogens is 1. The third-order valence-corrected chi connectivity index (χ3v) is 2.96. The monoisotopic (exact) mass is 219 g/mol. The normalized spacial score (nSPS) is 11.3. The Kier molecular flexibility index (Phi) is 2.66. The minimum absolute atomic E-state index is 0.472. The van der Waals surface area contributed by atoms with Crippen LogP contribution in [-0.4, -0.2) is 4.98 Å². The van der Waals surface area contributed by atoms with E-state index in [2.05, 4.69) is 24.9 Å². The molecule has 0 N–H and O–H groups in total. The molecule has 0 aliphatic rings. The highest BCUT2D eigenvalue weighted by Gasteiger charge is 2.11. The fourth-order valence-corrected chi connectivity index (χ4v) is 2.38. The molecule has 78 valence electrons. The minimum Gasteiger partial charge on any atom is -0.240 e. The molecule has 1 nitrogen and oxygen atoms in total. The smallest absolute Gasteiger partial charge is 0.137 e. The number of hydrogen-bond acceptors (Lipinski definition) is 1. The van der Waals surface area contributed by atoms with E-state index in [0.29, 0.717) is 11.1 Å². The maximum absolute atomic E-state index is 6.13. The van der Waals surface area contributed by atoms with Crippen molar-refractivity contribution in [1.29, 1.82) is 0 Å². The Labute approximate surface area is 95.1 Å². The van der Waals surface area contributed by atoms with Gasteiger partial charge in [-0.2, -0.15) is 0 Å². The van der Waals surface area contributed by atoms with Crippen molar-refractivity contribution in [1.82, 2.24) is 4.98 Å². The van der Waals surface area contributed by atoms with Gasteiger partial charge in [0.2, 0.25) is 0 Å². The van der Waals surface area contributed by atoms with E-state index in [1.807, 2.05) is 25.1 Å². The molecule has 2 aromatic rings. The molecule has 2 rings (SSSR count). The van der Waals surface area contributed by atoms with Crippen LogP contribution in [-0.2, 0) is 0 Å². The molecule has 0 spiro atoms. The zero-order valence-electron chi connectivity index (χ0n) is 9.21. The van der Waals surface area contributed by atoms with Crippen molar-refractivity contribution in [2.45, 2.75) is 26.7 Å². The minimum atomic E-state index is 0.472. The fourth-order valence-electron chi connectivity index (χ4n) is 2.09. The maximum Gasteiger partial charge on any atom is 0.137 e. The SMILES string of the molecule is Cc1nc(Cl)c2ccccc2c1C(C)C. The van der Waals surface area contributed by atoms with E-state index < -0.39 is 0 Å². The molecule has 0 radical (unpaired) electrons. The Morgan fingerprint density at radius 2 is 1.73 bits per heavy atom. The van der Waals surface area contributed by atoms with Crippen LogP contribution < -0.4 is 0 Å². The van der Waals surface area contributed by atoms with Gasteiger partial charge >= 0.3 is 0 Å². The summed E-state index contributed by atoms with van der Waals surface area (Å²) in [6.07, 6.45) is 0. The summed E-state index contributed by atoms with van der Waals surface area (Å²) in [5.41, 5.74) is 2.34. The number of fused-ring (bicyclic) bond motifs is 1. The van der Waals surface area contributed by atoms with Crippen LogP contribution in [0.2, 0.25) is 5.15 Å². The predicted octanol–water partition coefficient (Wildman–Crippen LogP) is 4.32. The Bertz CT molecular complexity index is 503. The predicted molar refractivity (Wildman–Crippen MR) is 65.6 cm³/mol. The summed E-state index contributed by atoms with van der Waals surface area (Å²) in [6, 6.07) is 8.18. The molecule has 0 aliphatic carbocycles. The van der Waals surface area contributed by atoms with Gasteiger partial charge in [0, 0.05) is 11.1 Å². The van der Waals surface area contributed by atoms with E-state index in [9.17, 15) is 0 Å². The Balaban J connectivity index is 2.90. The molecule has 1 heterocycles. The van der Waals surface area contributed by atoms with E-state index in [0.717, 1.165) is 11.1 Å². The van der Waals surface area contributed by atoms with E-state index >= 15 is 0 Å². The highest BCUT2D eigenvalue weighted by Crippen LogP contribution is 2.31. The van der Waals surface area contributed by atoms with E-state index in [1.165, 1.54) is 10.9 Å². The molecule has 0 saturated carbocycles. The van der Waals surface area contributed by atoms with Gasteiger partial charge in [0.1, 0.15) is 5.15 Å². The zero-order valence-corrected chi connectivity index (χ0v) is 9.97. The number of aromatic nitrogens is 1. The average Bonchev–Trinajstić information content (AvgIpc) is 2.17. The van der Waals surface area contributed by atoms with Crippen LogP contribution in [0.3, 0.4) is 0 Å². The molecule has 0 aliphatic heterocycles. The van der Waals surface area contributed by atoms with Crippen molar-refractivity contribution in [3.8, 4) is 0 Å². The summed E-state index contributed by atoms with van der Waals surface area (Å²) >= 11 is 6.13. The lowest BCUT2D eigenvalue weighted by Gasteiger charge is -2.13. The van der Waals surface area contributed by atoms with Gasteiger partial charge in [0.15, 0.2) is 0 Å². The topological polar surface area (TPSA) is 12.9 Å². The molecule has 1 aromatic heterocycles. The van der Waals surface area contributed by atoms with Gasteiger partial charge in [-0.15, -0.1) is 0 Å². The number of nitrogens with zero attached hydrogens (tertiary/aromatic N) is 1. The van der Waals surface area contributed by atoms with Crippen molar-refractivity contribution in [3.63, 3.8) is 0 Å². The third-order valence-electron chi connectivity index (χ3n) is 2.67. The van der Waals surface area contributed by atoms with Gasteiger partial charge in [-0.1, -0.05) is 49.7 Å². The standard InChI is InChI=1S/C13H14ClN/c1-8(2)12-9(3)15-13(14)11-7-5-4-6-10(11)12/h4-8H,1-3H3. The van der Waals surface area contributed by atoms with Crippen LogP contribution >= 0.6 is 11.6 Å².